The topological polar surface area (TPSA) is 116 Å². The number of aromatic nitrogens is 2. The maximum atomic E-state index is 11.5. The Balaban J connectivity index is 1.60. The van der Waals surface area contributed by atoms with Crippen molar-refractivity contribution in [3.8, 4) is 23.0 Å². The monoisotopic (exact) mass is 383 g/mol. The quantitative estimate of drug-likeness (QED) is 0.523. The van der Waals surface area contributed by atoms with Crippen molar-refractivity contribution in [2.75, 3.05) is 37.5 Å². The van der Waals surface area contributed by atoms with Crippen molar-refractivity contribution in [1.82, 2.24) is 10.2 Å². The maximum Gasteiger partial charge on any atom is 0.320 e. The molecule has 0 aliphatic carbocycles. The molecule has 3 aromatic rings. The van der Waals surface area contributed by atoms with Gasteiger partial charge in [0.2, 0.25) is 0 Å². The molecule has 1 N–H and O–H groups in total. The summed E-state index contributed by atoms with van der Waals surface area (Å²) < 4.78 is 16.6. The van der Waals surface area contributed by atoms with Gasteiger partial charge in [-0.05, 0) is 24.3 Å². The van der Waals surface area contributed by atoms with E-state index in [1.807, 2.05) is 0 Å². The molecule has 0 atom stereocenters. The predicted octanol–water partition coefficient (Wildman–Crippen LogP) is 3.23. The van der Waals surface area contributed by atoms with Gasteiger partial charge in [0, 0.05) is 37.6 Å². The normalized spacial score (nSPS) is 12.5. The lowest BCUT2D eigenvalue weighted by molar-refractivity contribution is -0.384. The van der Waals surface area contributed by atoms with E-state index in [1.165, 1.54) is 6.07 Å². The Hall–Kier alpha value is -3.82. The summed E-state index contributed by atoms with van der Waals surface area (Å²) in [6.07, 6.45) is 0. The van der Waals surface area contributed by atoms with Gasteiger partial charge in [-0.25, -0.2) is 0 Å². The van der Waals surface area contributed by atoms with Crippen molar-refractivity contribution >= 4 is 23.1 Å². The largest absolute Gasteiger partial charge is 0.486 e. The smallest absolute Gasteiger partial charge is 0.320 e. The molecule has 10 nitrogen and oxygen atoms in total. The molecule has 0 fully saturated rings. The van der Waals surface area contributed by atoms with Crippen LogP contribution in [0.4, 0.5) is 23.1 Å². The zero-order valence-electron chi connectivity index (χ0n) is 15.2. The number of nitrogens with one attached hydrogen (secondary N) is 1. The van der Waals surface area contributed by atoms with Gasteiger partial charge in [-0.2, -0.15) is 0 Å². The molecular weight excluding hydrogens is 366 g/mol. The van der Waals surface area contributed by atoms with Crippen LogP contribution < -0.4 is 19.7 Å². The molecule has 0 saturated carbocycles. The highest BCUT2D eigenvalue weighted by Crippen LogP contribution is 2.35. The summed E-state index contributed by atoms with van der Waals surface area (Å²) in [6.45, 7) is 0.992. The molecule has 28 heavy (non-hydrogen) atoms. The third kappa shape index (κ3) is 3.39. The Morgan fingerprint density at radius 3 is 2.61 bits per heavy atom. The fourth-order valence-electron chi connectivity index (χ4n) is 2.76. The maximum absolute atomic E-state index is 11.5. The van der Waals surface area contributed by atoms with Gasteiger partial charge in [0.15, 0.2) is 11.5 Å². The van der Waals surface area contributed by atoms with Gasteiger partial charge in [0.05, 0.1) is 4.92 Å². The first-order valence-corrected chi connectivity index (χ1v) is 8.47. The fraction of sp³-hybridized carbons (Fsp3) is 0.222. The first-order valence-electron chi connectivity index (χ1n) is 8.47. The molecule has 2 aromatic carbocycles. The summed E-state index contributed by atoms with van der Waals surface area (Å²) in [5, 5.41) is 22.3. The number of ether oxygens (including phenoxy) is 2. The Bertz CT molecular complexity index is 1030. The van der Waals surface area contributed by atoms with Gasteiger partial charge in [-0.15, -0.1) is 5.10 Å². The summed E-state index contributed by atoms with van der Waals surface area (Å²) in [5.41, 5.74) is 1.50. The minimum absolute atomic E-state index is 0.0528. The van der Waals surface area contributed by atoms with Crippen molar-refractivity contribution in [1.29, 1.82) is 0 Å². The van der Waals surface area contributed by atoms with Crippen LogP contribution in [0.1, 0.15) is 0 Å². The molecule has 144 valence electrons. The highest BCUT2D eigenvalue weighted by atomic mass is 16.6. The molecule has 1 aliphatic heterocycles. The number of benzene rings is 2. The van der Waals surface area contributed by atoms with Crippen molar-refractivity contribution in [2.45, 2.75) is 0 Å². The second-order valence-electron chi connectivity index (χ2n) is 6.25. The number of nitrogens with zero attached hydrogens (tertiary/aromatic N) is 4. The highest BCUT2D eigenvalue weighted by molar-refractivity contribution is 5.72. The highest BCUT2D eigenvalue weighted by Gasteiger charge is 2.22. The number of fused-ring (bicyclic) bond motifs is 1. The summed E-state index contributed by atoms with van der Waals surface area (Å²) >= 11 is 0. The second-order valence-corrected chi connectivity index (χ2v) is 6.25. The Labute approximate surface area is 159 Å². The lowest BCUT2D eigenvalue weighted by Crippen LogP contribution is -2.15. The Kier molecular flexibility index (Phi) is 4.44. The van der Waals surface area contributed by atoms with E-state index >= 15 is 0 Å². The molecule has 0 spiro atoms. The van der Waals surface area contributed by atoms with Crippen LogP contribution in [-0.2, 0) is 0 Å². The van der Waals surface area contributed by atoms with Gasteiger partial charge >= 0.3 is 6.01 Å². The fourth-order valence-corrected chi connectivity index (χ4v) is 2.76. The van der Waals surface area contributed by atoms with Crippen molar-refractivity contribution in [3.63, 3.8) is 0 Å². The van der Waals surface area contributed by atoms with Gasteiger partial charge in [-0.3, -0.25) is 10.1 Å². The average molecular weight is 383 g/mol. The van der Waals surface area contributed by atoms with Crippen LogP contribution in [0.15, 0.2) is 40.8 Å². The Morgan fingerprint density at radius 1 is 1.07 bits per heavy atom. The number of nitro benzene ring substituents is 1. The average Bonchev–Trinajstić information content (AvgIpc) is 3.15. The number of rotatable bonds is 5. The van der Waals surface area contributed by atoms with E-state index in [1.54, 1.807) is 49.3 Å². The van der Waals surface area contributed by atoms with E-state index in [2.05, 4.69) is 15.5 Å². The third-order valence-corrected chi connectivity index (χ3v) is 4.14. The summed E-state index contributed by atoms with van der Waals surface area (Å²) in [6, 6.07) is 10.2. The van der Waals surface area contributed by atoms with Crippen molar-refractivity contribution in [2.24, 2.45) is 0 Å². The molecule has 0 saturated heterocycles. The first-order chi connectivity index (χ1) is 13.5. The minimum atomic E-state index is -0.472. The van der Waals surface area contributed by atoms with E-state index in [-0.39, 0.29) is 23.2 Å². The third-order valence-electron chi connectivity index (χ3n) is 4.14. The van der Waals surface area contributed by atoms with Gasteiger partial charge in [0.1, 0.15) is 18.8 Å². The second kappa shape index (κ2) is 7.06. The molecule has 10 heteroatoms. The van der Waals surface area contributed by atoms with Gasteiger partial charge in [-0.1, -0.05) is 5.10 Å². The first kappa shape index (κ1) is 17.6. The molecule has 0 unspecified atom stereocenters. The molecule has 2 heterocycles. The van der Waals surface area contributed by atoms with E-state index < -0.39 is 4.92 Å². The molecule has 0 amide bonds. The summed E-state index contributed by atoms with van der Waals surface area (Å²) in [4.78, 5) is 12.8. The zero-order valence-corrected chi connectivity index (χ0v) is 15.2. The lowest BCUT2D eigenvalue weighted by atomic mass is 10.1. The Morgan fingerprint density at radius 2 is 1.86 bits per heavy atom. The number of hydrogen-bond donors (Lipinski definition) is 1. The van der Waals surface area contributed by atoms with Crippen LogP contribution in [0, 0.1) is 10.1 Å². The summed E-state index contributed by atoms with van der Waals surface area (Å²) in [7, 11) is 3.61. The van der Waals surface area contributed by atoms with Crippen LogP contribution in [0.25, 0.3) is 11.5 Å². The minimum Gasteiger partial charge on any atom is -0.486 e. The van der Waals surface area contributed by atoms with Crippen LogP contribution in [0.5, 0.6) is 11.5 Å². The van der Waals surface area contributed by atoms with E-state index in [9.17, 15) is 10.1 Å². The summed E-state index contributed by atoms with van der Waals surface area (Å²) in [5.74, 6) is 1.34. The lowest BCUT2D eigenvalue weighted by Gasteiger charge is -2.18. The molecule has 0 radical (unpaired) electrons. The van der Waals surface area contributed by atoms with Gasteiger partial charge in [0.25, 0.3) is 11.6 Å². The van der Waals surface area contributed by atoms with Crippen LogP contribution in [-0.4, -0.2) is 42.4 Å². The van der Waals surface area contributed by atoms with E-state index in [0.29, 0.717) is 36.1 Å². The number of hydrogen-bond acceptors (Lipinski definition) is 9. The molecule has 4 rings (SSSR count). The number of anilines is 3. The SMILES string of the molecule is CN(C)c1ccc(-c2nnc(Nc3ccc4c(c3)OCCO4)o2)c([N+](=O)[O-])c1. The van der Waals surface area contributed by atoms with Crippen LogP contribution in [0.3, 0.4) is 0 Å². The molecule has 1 aromatic heterocycles. The standard InChI is InChI=1S/C18H17N5O5/c1-22(2)12-4-5-13(14(10-12)23(24)25)17-20-21-18(28-17)19-11-3-6-15-16(9-11)27-8-7-26-15/h3-6,9-10H,7-8H2,1-2H3,(H,19,21). The van der Waals surface area contributed by atoms with Gasteiger partial charge < -0.3 is 24.1 Å². The molecule has 1 aliphatic rings. The van der Waals surface area contributed by atoms with Crippen LogP contribution >= 0.6 is 0 Å². The molecular formula is C18H17N5O5. The van der Waals surface area contributed by atoms with E-state index in [0.717, 1.165) is 0 Å². The molecule has 0 bridgehead atoms. The predicted molar refractivity (Wildman–Crippen MR) is 101 cm³/mol. The van der Waals surface area contributed by atoms with Crippen molar-refractivity contribution < 1.29 is 18.8 Å². The van der Waals surface area contributed by atoms with Crippen molar-refractivity contribution in [3.05, 3.63) is 46.5 Å². The van der Waals surface area contributed by atoms with E-state index in [4.69, 9.17) is 13.9 Å². The zero-order chi connectivity index (χ0) is 19.7. The number of nitro groups is 1. The van der Waals surface area contributed by atoms with Crippen LogP contribution in [0.2, 0.25) is 0 Å².